The van der Waals surface area contributed by atoms with Gasteiger partial charge in [-0.15, -0.1) is 0 Å². The van der Waals surface area contributed by atoms with Gasteiger partial charge < -0.3 is 4.89 Å². The van der Waals surface area contributed by atoms with E-state index in [1.807, 2.05) is 27.7 Å². The third kappa shape index (κ3) is 4.34. The van der Waals surface area contributed by atoms with E-state index in [0.29, 0.717) is 0 Å². The van der Waals surface area contributed by atoms with Crippen molar-refractivity contribution in [1.29, 1.82) is 0 Å². The first kappa shape index (κ1) is 18.0. The highest BCUT2D eigenvalue weighted by molar-refractivity contribution is 7.56. The molecule has 0 unspecified atom stereocenters. The molecule has 23 heavy (non-hydrogen) atoms. The largest absolute Gasteiger partial charge is 0.344 e. The number of rotatable bonds is 4. The smallest absolute Gasteiger partial charge is 0.209 e. The van der Waals surface area contributed by atoms with Crippen LogP contribution in [0.5, 0.6) is 0 Å². The number of hydrogen-bond acceptors (Lipinski definition) is 1. The minimum absolute atomic E-state index is 0.248. The molecule has 2 rings (SSSR count). The van der Waals surface area contributed by atoms with E-state index in [1.54, 1.807) is 0 Å². The molecule has 2 nitrogen and oxygen atoms in total. The molecule has 2 aromatic carbocycles. The van der Waals surface area contributed by atoms with Crippen molar-refractivity contribution in [1.82, 2.24) is 0 Å². The Balaban J connectivity index is 2.33. The standard InChI is InChI=1S/C20H27O2P/c1-13-7-15(3)19(16(4)8-13)11-23(21,22)12-20-17(5)9-14(2)10-18(20)6/h7-10H,11-12H2,1-6H3,(H,21,22). The van der Waals surface area contributed by atoms with Crippen LogP contribution in [0.3, 0.4) is 0 Å². The zero-order valence-corrected chi connectivity index (χ0v) is 15.9. The summed E-state index contributed by atoms with van der Waals surface area (Å²) in [6, 6.07) is 8.35. The summed E-state index contributed by atoms with van der Waals surface area (Å²) in [7, 11) is -3.27. The molecular formula is C20H27O2P. The van der Waals surface area contributed by atoms with Crippen LogP contribution in [-0.4, -0.2) is 4.89 Å². The Labute approximate surface area is 140 Å². The van der Waals surface area contributed by atoms with Gasteiger partial charge in [-0.05, 0) is 74.9 Å². The third-order valence-electron chi connectivity index (χ3n) is 4.49. The van der Waals surface area contributed by atoms with Gasteiger partial charge in [-0.3, -0.25) is 4.57 Å². The number of aryl methyl sites for hydroxylation is 6. The molecule has 0 spiro atoms. The summed E-state index contributed by atoms with van der Waals surface area (Å²) in [5, 5.41) is 0. The SMILES string of the molecule is Cc1cc(C)c(CP(=O)(O)Cc2c(C)cc(C)cc2C)c(C)c1. The highest BCUT2D eigenvalue weighted by atomic mass is 31.2. The van der Waals surface area contributed by atoms with Crippen molar-refractivity contribution >= 4 is 7.37 Å². The van der Waals surface area contributed by atoms with E-state index in [1.165, 1.54) is 11.1 Å². The molecule has 1 N–H and O–H groups in total. The van der Waals surface area contributed by atoms with Crippen molar-refractivity contribution in [3.63, 3.8) is 0 Å². The van der Waals surface area contributed by atoms with Crippen LogP contribution < -0.4 is 0 Å². The molecule has 0 saturated carbocycles. The molecule has 0 atom stereocenters. The number of benzene rings is 2. The molecule has 3 heteroatoms. The third-order valence-corrected chi connectivity index (χ3v) is 6.11. The van der Waals surface area contributed by atoms with E-state index >= 15 is 0 Å². The van der Waals surface area contributed by atoms with Crippen LogP contribution in [-0.2, 0) is 16.9 Å². The van der Waals surface area contributed by atoms with Crippen LogP contribution in [0.1, 0.15) is 44.5 Å². The van der Waals surface area contributed by atoms with Gasteiger partial charge in [0.25, 0.3) is 0 Å². The predicted molar refractivity (Wildman–Crippen MR) is 98.5 cm³/mol. The summed E-state index contributed by atoms with van der Waals surface area (Å²) in [6.07, 6.45) is 0.495. The van der Waals surface area contributed by atoms with Crippen LogP contribution in [0.15, 0.2) is 24.3 Å². The van der Waals surface area contributed by atoms with Crippen LogP contribution in [0.4, 0.5) is 0 Å². The van der Waals surface area contributed by atoms with E-state index in [-0.39, 0.29) is 12.3 Å². The Morgan fingerprint density at radius 2 is 0.957 bits per heavy atom. The van der Waals surface area contributed by atoms with Crippen LogP contribution in [0.2, 0.25) is 0 Å². The fourth-order valence-electron chi connectivity index (χ4n) is 3.47. The minimum atomic E-state index is -3.27. The molecule has 0 aliphatic heterocycles. The second-order valence-corrected chi connectivity index (χ2v) is 9.24. The van der Waals surface area contributed by atoms with Gasteiger partial charge >= 0.3 is 0 Å². The zero-order valence-electron chi connectivity index (χ0n) is 15.0. The minimum Gasteiger partial charge on any atom is -0.344 e. The Bertz CT molecular complexity index is 681. The Morgan fingerprint density at radius 3 is 1.22 bits per heavy atom. The summed E-state index contributed by atoms with van der Waals surface area (Å²) in [6.45, 7) is 12.2. The van der Waals surface area contributed by atoms with Crippen molar-refractivity contribution < 1.29 is 9.46 Å². The van der Waals surface area contributed by atoms with E-state index in [0.717, 1.165) is 33.4 Å². The molecule has 0 radical (unpaired) electrons. The van der Waals surface area contributed by atoms with E-state index in [4.69, 9.17) is 0 Å². The monoisotopic (exact) mass is 330 g/mol. The molecule has 0 amide bonds. The quantitative estimate of drug-likeness (QED) is 0.751. The van der Waals surface area contributed by atoms with Crippen molar-refractivity contribution in [3.05, 3.63) is 68.8 Å². The van der Waals surface area contributed by atoms with E-state index < -0.39 is 7.37 Å². The van der Waals surface area contributed by atoms with Crippen molar-refractivity contribution in [2.75, 3.05) is 0 Å². The topological polar surface area (TPSA) is 37.3 Å². The lowest BCUT2D eigenvalue weighted by atomic mass is 10.0. The van der Waals surface area contributed by atoms with E-state index in [2.05, 4.69) is 38.1 Å². The summed E-state index contributed by atoms with van der Waals surface area (Å²) in [4.78, 5) is 10.6. The van der Waals surface area contributed by atoms with Gasteiger partial charge in [0.05, 0.1) is 12.3 Å². The molecule has 0 bridgehead atoms. The molecule has 0 aliphatic rings. The highest BCUT2D eigenvalue weighted by Gasteiger charge is 2.23. The van der Waals surface area contributed by atoms with Gasteiger partial charge in [0, 0.05) is 0 Å². The molecule has 0 fully saturated rings. The first-order chi connectivity index (χ1) is 10.6. The Morgan fingerprint density at radius 1 is 0.696 bits per heavy atom. The van der Waals surface area contributed by atoms with Gasteiger partial charge in [0.1, 0.15) is 0 Å². The lowest BCUT2D eigenvalue weighted by Crippen LogP contribution is -2.01. The fraction of sp³-hybridized carbons (Fsp3) is 0.400. The van der Waals surface area contributed by atoms with Gasteiger partial charge in [-0.1, -0.05) is 35.4 Å². The van der Waals surface area contributed by atoms with Crippen molar-refractivity contribution in [3.8, 4) is 0 Å². The van der Waals surface area contributed by atoms with Crippen LogP contribution in [0.25, 0.3) is 0 Å². The average molecular weight is 330 g/mol. The summed E-state index contributed by atoms with van der Waals surface area (Å²) >= 11 is 0. The van der Waals surface area contributed by atoms with Crippen LogP contribution >= 0.6 is 7.37 Å². The van der Waals surface area contributed by atoms with Gasteiger partial charge in [-0.25, -0.2) is 0 Å². The molecule has 0 aliphatic carbocycles. The Hall–Kier alpha value is -1.37. The molecular weight excluding hydrogens is 303 g/mol. The zero-order chi connectivity index (χ0) is 17.4. The second kappa shape index (κ2) is 6.63. The maximum atomic E-state index is 12.9. The van der Waals surface area contributed by atoms with E-state index in [9.17, 15) is 9.46 Å². The highest BCUT2D eigenvalue weighted by Crippen LogP contribution is 2.50. The summed E-state index contributed by atoms with van der Waals surface area (Å²) in [5.41, 5.74) is 8.85. The first-order valence-corrected chi connectivity index (χ1v) is 10.1. The summed E-state index contributed by atoms with van der Waals surface area (Å²) < 4.78 is 12.9. The van der Waals surface area contributed by atoms with Crippen LogP contribution in [0, 0.1) is 41.5 Å². The second-order valence-electron chi connectivity index (χ2n) is 6.92. The fourth-order valence-corrected chi connectivity index (χ4v) is 5.57. The first-order valence-electron chi connectivity index (χ1n) is 8.03. The molecule has 2 aromatic rings. The molecule has 0 heterocycles. The Kier molecular flexibility index (Phi) is 5.18. The maximum Gasteiger partial charge on any atom is 0.209 e. The lowest BCUT2D eigenvalue weighted by molar-refractivity contribution is 0.475. The predicted octanol–water partition coefficient (Wildman–Crippen LogP) is 5.51. The maximum absolute atomic E-state index is 12.9. The summed E-state index contributed by atoms with van der Waals surface area (Å²) in [5.74, 6) is 0. The molecule has 0 aromatic heterocycles. The van der Waals surface area contributed by atoms with Gasteiger partial charge in [-0.2, -0.15) is 0 Å². The van der Waals surface area contributed by atoms with Gasteiger partial charge in [0.2, 0.25) is 7.37 Å². The average Bonchev–Trinajstić information content (AvgIpc) is 2.38. The molecule has 0 saturated heterocycles. The normalized spacial score (nSPS) is 11.8. The van der Waals surface area contributed by atoms with Crippen molar-refractivity contribution in [2.45, 2.75) is 53.9 Å². The number of hydrogen-bond donors (Lipinski definition) is 1. The lowest BCUT2D eigenvalue weighted by Gasteiger charge is -2.19. The van der Waals surface area contributed by atoms with Crippen molar-refractivity contribution in [2.24, 2.45) is 0 Å². The molecule has 124 valence electrons. The van der Waals surface area contributed by atoms with Gasteiger partial charge in [0.15, 0.2) is 0 Å².